The van der Waals surface area contributed by atoms with Crippen molar-refractivity contribution in [1.29, 1.82) is 0 Å². The standard InChI is InChI=1S/C61H110O5/c1-4-7-10-13-16-19-22-25-28-30-31-33-34-36-39-42-45-48-51-54-60(62)65-58-59(57-64-56-53-50-47-44-41-38-27-24-21-18-15-12-9-6-3)66-61(63)55-52-49-46-43-40-37-35-32-29-26-23-20-17-14-11-8-5-2/h12,15,17,20-21,24-26,28-29,59H,4-11,13-14,16,18-19,22-23,27,30-58H2,1-3H3/b15-12-,20-17-,24-21-,28-25-,29-26-. The van der Waals surface area contributed by atoms with Crippen molar-refractivity contribution in [1.82, 2.24) is 0 Å². The fraction of sp³-hybridized carbons (Fsp3) is 0.803. The minimum absolute atomic E-state index is 0.0773. The maximum atomic E-state index is 12.9. The molecule has 0 rings (SSSR count). The number of rotatable bonds is 53. The molecular formula is C61H110O5. The van der Waals surface area contributed by atoms with Crippen LogP contribution in [0.25, 0.3) is 0 Å². The Morgan fingerprint density at radius 2 is 0.667 bits per heavy atom. The van der Waals surface area contributed by atoms with Crippen LogP contribution in [-0.2, 0) is 23.8 Å². The Morgan fingerprint density at radius 1 is 0.333 bits per heavy atom. The van der Waals surface area contributed by atoms with Crippen LogP contribution in [0, 0.1) is 0 Å². The summed E-state index contributed by atoms with van der Waals surface area (Å²) in [6, 6.07) is 0. The van der Waals surface area contributed by atoms with E-state index < -0.39 is 6.10 Å². The first-order chi connectivity index (χ1) is 32.6. The summed E-state index contributed by atoms with van der Waals surface area (Å²) in [7, 11) is 0. The Hall–Kier alpha value is -2.40. The highest BCUT2D eigenvalue weighted by atomic mass is 16.6. The number of ether oxygens (including phenoxy) is 3. The van der Waals surface area contributed by atoms with E-state index >= 15 is 0 Å². The van der Waals surface area contributed by atoms with Crippen LogP contribution in [-0.4, -0.2) is 37.9 Å². The largest absolute Gasteiger partial charge is 0.462 e. The average Bonchev–Trinajstić information content (AvgIpc) is 3.32. The van der Waals surface area contributed by atoms with Crippen LogP contribution < -0.4 is 0 Å². The van der Waals surface area contributed by atoms with Crippen molar-refractivity contribution in [2.24, 2.45) is 0 Å². The molecule has 0 heterocycles. The van der Waals surface area contributed by atoms with Crippen LogP contribution in [0.2, 0.25) is 0 Å². The zero-order valence-electron chi connectivity index (χ0n) is 44.2. The number of allylic oxidation sites excluding steroid dienone is 10. The highest BCUT2D eigenvalue weighted by Gasteiger charge is 2.17. The lowest BCUT2D eigenvalue weighted by atomic mass is 10.1. The summed E-state index contributed by atoms with van der Waals surface area (Å²) in [6.07, 6.45) is 72.3. The van der Waals surface area contributed by atoms with Crippen molar-refractivity contribution >= 4 is 11.9 Å². The lowest BCUT2D eigenvalue weighted by Gasteiger charge is -2.18. The van der Waals surface area contributed by atoms with Crippen LogP contribution in [0.5, 0.6) is 0 Å². The maximum absolute atomic E-state index is 12.9. The first kappa shape index (κ1) is 63.6. The smallest absolute Gasteiger partial charge is 0.306 e. The minimum Gasteiger partial charge on any atom is -0.462 e. The molecule has 0 radical (unpaired) electrons. The molecule has 5 nitrogen and oxygen atoms in total. The molecular weight excluding hydrogens is 813 g/mol. The van der Waals surface area contributed by atoms with E-state index in [0.717, 1.165) is 57.8 Å². The zero-order valence-corrected chi connectivity index (χ0v) is 44.2. The minimum atomic E-state index is -0.548. The third kappa shape index (κ3) is 54.2. The molecule has 0 spiro atoms. The lowest BCUT2D eigenvalue weighted by Crippen LogP contribution is -2.30. The molecule has 0 aliphatic carbocycles. The van der Waals surface area contributed by atoms with Crippen LogP contribution >= 0.6 is 0 Å². The van der Waals surface area contributed by atoms with E-state index in [1.165, 1.54) is 199 Å². The molecule has 0 aromatic heterocycles. The summed E-state index contributed by atoms with van der Waals surface area (Å²) < 4.78 is 17.5. The van der Waals surface area contributed by atoms with E-state index in [9.17, 15) is 9.59 Å². The predicted octanol–water partition coefficient (Wildman–Crippen LogP) is 19.7. The maximum Gasteiger partial charge on any atom is 0.306 e. The van der Waals surface area contributed by atoms with Gasteiger partial charge < -0.3 is 14.2 Å². The van der Waals surface area contributed by atoms with E-state index in [4.69, 9.17) is 14.2 Å². The van der Waals surface area contributed by atoms with Gasteiger partial charge in [-0.3, -0.25) is 9.59 Å². The van der Waals surface area contributed by atoms with E-state index in [2.05, 4.69) is 81.5 Å². The molecule has 0 saturated heterocycles. The highest BCUT2D eigenvalue weighted by molar-refractivity contribution is 5.70. The second-order valence-electron chi connectivity index (χ2n) is 19.2. The second-order valence-corrected chi connectivity index (χ2v) is 19.2. The van der Waals surface area contributed by atoms with E-state index in [-0.39, 0.29) is 25.2 Å². The summed E-state index contributed by atoms with van der Waals surface area (Å²) in [6.45, 7) is 7.74. The lowest BCUT2D eigenvalue weighted by molar-refractivity contribution is -0.163. The number of hydrogen-bond acceptors (Lipinski definition) is 5. The van der Waals surface area contributed by atoms with Crippen molar-refractivity contribution in [3.05, 3.63) is 60.8 Å². The molecule has 0 aliphatic heterocycles. The van der Waals surface area contributed by atoms with E-state index in [1.807, 2.05) is 0 Å². The van der Waals surface area contributed by atoms with Gasteiger partial charge in [-0.1, -0.05) is 236 Å². The summed E-state index contributed by atoms with van der Waals surface area (Å²) in [4.78, 5) is 25.5. The van der Waals surface area contributed by atoms with Gasteiger partial charge in [-0.2, -0.15) is 0 Å². The Morgan fingerprint density at radius 3 is 1.11 bits per heavy atom. The molecule has 5 heteroatoms. The van der Waals surface area contributed by atoms with Crippen LogP contribution in [0.3, 0.4) is 0 Å². The van der Waals surface area contributed by atoms with Gasteiger partial charge in [-0.15, -0.1) is 0 Å². The van der Waals surface area contributed by atoms with Gasteiger partial charge in [0.1, 0.15) is 6.61 Å². The average molecular weight is 924 g/mol. The van der Waals surface area contributed by atoms with Crippen LogP contribution in [0.4, 0.5) is 0 Å². The van der Waals surface area contributed by atoms with Crippen molar-refractivity contribution in [3.63, 3.8) is 0 Å². The number of carbonyl (C=O) groups is 2. The number of unbranched alkanes of at least 4 members (excludes halogenated alkanes) is 32. The van der Waals surface area contributed by atoms with E-state index in [0.29, 0.717) is 19.4 Å². The SMILES string of the molecule is CCC/C=C\C/C=C\CCCCCCCCOCC(COC(=O)CCCCCCCCCCC/C=C\CCCCCCCC)OC(=O)CCCCCCCCC/C=C\C/C=C\CCCCC. The number of hydrogen-bond donors (Lipinski definition) is 0. The molecule has 0 fully saturated rings. The number of carbonyl (C=O) groups excluding carboxylic acids is 2. The van der Waals surface area contributed by atoms with Gasteiger partial charge in [-0.25, -0.2) is 0 Å². The van der Waals surface area contributed by atoms with E-state index in [1.54, 1.807) is 0 Å². The van der Waals surface area contributed by atoms with Crippen molar-refractivity contribution in [2.45, 2.75) is 297 Å². The summed E-state index contributed by atoms with van der Waals surface area (Å²) in [5.74, 6) is -0.404. The summed E-state index contributed by atoms with van der Waals surface area (Å²) in [5.41, 5.74) is 0. The first-order valence-corrected chi connectivity index (χ1v) is 28.8. The number of esters is 2. The molecule has 0 aliphatic rings. The Labute approximate surface area is 411 Å². The summed E-state index contributed by atoms with van der Waals surface area (Å²) >= 11 is 0. The van der Waals surface area contributed by atoms with Crippen LogP contribution in [0.1, 0.15) is 290 Å². The third-order valence-electron chi connectivity index (χ3n) is 12.5. The molecule has 0 N–H and O–H groups in total. The predicted molar refractivity (Wildman–Crippen MR) is 288 cm³/mol. The van der Waals surface area contributed by atoms with Crippen molar-refractivity contribution in [2.75, 3.05) is 19.8 Å². The topological polar surface area (TPSA) is 61.8 Å². The molecule has 0 aromatic rings. The Balaban J connectivity index is 4.26. The molecule has 0 amide bonds. The molecule has 0 bridgehead atoms. The van der Waals surface area contributed by atoms with Crippen molar-refractivity contribution in [3.8, 4) is 0 Å². The molecule has 66 heavy (non-hydrogen) atoms. The van der Waals surface area contributed by atoms with Gasteiger partial charge >= 0.3 is 11.9 Å². The monoisotopic (exact) mass is 923 g/mol. The van der Waals surface area contributed by atoms with Gasteiger partial charge in [-0.05, 0) is 103 Å². The molecule has 384 valence electrons. The normalized spacial score (nSPS) is 12.6. The van der Waals surface area contributed by atoms with Crippen molar-refractivity contribution < 1.29 is 23.8 Å². The molecule has 0 aromatic carbocycles. The highest BCUT2D eigenvalue weighted by Crippen LogP contribution is 2.15. The van der Waals surface area contributed by atoms with Gasteiger partial charge in [0.2, 0.25) is 0 Å². The van der Waals surface area contributed by atoms with Gasteiger partial charge in [0.25, 0.3) is 0 Å². The molecule has 1 atom stereocenters. The van der Waals surface area contributed by atoms with Crippen LogP contribution in [0.15, 0.2) is 60.8 Å². The fourth-order valence-electron chi connectivity index (χ4n) is 8.16. The van der Waals surface area contributed by atoms with Gasteiger partial charge in [0.15, 0.2) is 6.10 Å². The quantitative estimate of drug-likeness (QED) is 0.0346. The Bertz CT molecular complexity index is 1130. The second kappa shape index (κ2) is 56.9. The zero-order chi connectivity index (χ0) is 47.7. The molecule has 1 unspecified atom stereocenters. The van der Waals surface area contributed by atoms with Gasteiger partial charge in [0, 0.05) is 19.4 Å². The Kier molecular flexibility index (Phi) is 54.9. The molecule has 0 saturated carbocycles. The first-order valence-electron chi connectivity index (χ1n) is 28.8. The third-order valence-corrected chi connectivity index (χ3v) is 12.5. The summed E-state index contributed by atoms with van der Waals surface area (Å²) in [5, 5.41) is 0. The van der Waals surface area contributed by atoms with Gasteiger partial charge in [0.05, 0.1) is 6.61 Å². The fourth-order valence-corrected chi connectivity index (χ4v) is 8.16.